The van der Waals surface area contributed by atoms with Crippen molar-refractivity contribution >= 4 is 29.9 Å². The van der Waals surface area contributed by atoms with Gasteiger partial charge in [-0.25, -0.2) is 0 Å². The second-order valence-electron chi connectivity index (χ2n) is 7.98. The van der Waals surface area contributed by atoms with Crippen LogP contribution in [-0.2, 0) is 13.0 Å². The summed E-state index contributed by atoms with van der Waals surface area (Å²) in [6.07, 6.45) is -2.54. The number of benzene rings is 1. The zero-order chi connectivity index (χ0) is 22.4. The van der Waals surface area contributed by atoms with E-state index >= 15 is 0 Å². The van der Waals surface area contributed by atoms with Crippen LogP contribution in [0.15, 0.2) is 17.1 Å². The molecular formula is C21H33F3IN5O2. The molecule has 1 saturated heterocycles. The van der Waals surface area contributed by atoms with Gasteiger partial charge in [-0.05, 0) is 36.1 Å². The molecule has 2 N–H and O–H groups in total. The van der Waals surface area contributed by atoms with Crippen LogP contribution in [-0.4, -0.2) is 88.5 Å². The van der Waals surface area contributed by atoms with E-state index in [1.165, 1.54) is 16.0 Å². The van der Waals surface area contributed by atoms with Crippen LogP contribution in [0.25, 0.3) is 0 Å². The van der Waals surface area contributed by atoms with Crippen LogP contribution in [0, 0.1) is 0 Å². The highest BCUT2D eigenvalue weighted by Crippen LogP contribution is 2.33. The summed E-state index contributed by atoms with van der Waals surface area (Å²) in [5.74, 6) is 2.12. The summed E-state index contributed by atoms with van der Waals surface area (Å²) in [5, 5.41) is 6.53. The van der Waals surface area contributed by atoms with Crippen molar-refractivity contribution in [2.75, 3.05) is 60.5 Å². The van der Waals surface area contributed by atoms with Crippen molar-refractivity contribution < 1.29 is 22.6 Å². The summed E-state index contributed by atoms with van der Waals surface area (Å²) in [7, 11) is 4.96. The van der Waals surface area contributed by atoms with Crippen LogP contribution in [0.4, 0.5) is 13.2 Å². The summed E-state index contributed by atoms with van der Waals surface area (Å²) in [4.78, 5) is 8.00. The molecule has 1 aromatic carbocycles. The minimum atomic E-state index is -4.16. The Morgan fingerprint density at radius 1 is 1.12 bits per heavy atom. The molecule has 32 heavy (non-hydrogen) atoms. The van der Waals surface area contributed by atoms with Gasteiger partial charge in [0.05, 0.1) is 20.8 Å². The van der Waals surface area contributed by atoms with Crippen LogP contribution in [0.1, 0.15) is 17.5 Å². The Morgan fingerprint density at radius 3 is 2.44 bits per heavy atom. The Morgan fingerprint density at radius 2 is 1.81 bits per heavy atom. The number of guanidine groups is 1. The van der Waals surface area contributed by atoms with Gasteiger partial charge in [-0.2, -0.15) is 13.2 Å². The minimum Gasteiger partial charge on any atom is -0.493 e. The lowest BCUT2D eigenvalue weighted by molar-refractivity contribution is -0.143. The number of halogens is 4. The van der Waals surface area contributed by atoms with E-state index in [-0.39, 0.29) is 30.0 Å². The van der Waals surface area contributed by atoms with Gasteiger partial charge in [0.2, 0.25) is 0 Å². The number of likely N-dealkylation sites (tertiary alicyclic amines) is 1. The number of fused-ring (bicyclic) bond motifs is 1. The Balaban J connectivity index is 0.00000363. The molecule has 0 saturated carbocycles. The highest BCUT2D eigenvalue weighted by molar-refractivity contribution is 14.0. The highest BCUT2D eigenvalue weighted by atomic mass is 127. The quantitative estimate of drug-likeness (QED) is 0.298. The summed E-state index contributed by atoms with van der Waals surface area (Å²) < 4.78 is 48.5. The van der Waals surface area contributed by atoms with Gasteiger partial charge < -0.3 is 20.1 Å². The smallest absolute Gasteiger partial charge is 0.401 e. The predicted octanol–water partition coefficient (Wildman–Crippen LogP) is 2.48. The number of hydrogen-bond acceptors (Lipinski definition) is 5. The lowest BCUT2D eigenvalue weighted by atomic mass is 9.99. The predicted molar refractivity (Wildman–Crippen MR) is 129 cm³/mol. The fourth-order valence-corrected chi connectivity index (χ4v) is 4.20. The number of aliphatic imine (C=N–C) groups is 1. The number of alkyl halides is 3. The summed E-state index contributed by atoms with van der Waals surface area (Å²) in [5.41, 5.74) is 2.52. The number of ether oxygens (including phenoxy) is 2. The van der Waals surface area contributed by atoms with Crippen LogP contribution < -0.4 is 20.1 Å². The fourth-order valence-electron chi connectivity index (χ4n) is 4.20. The fraction of sp³-hybridized carbons (Fsp3) is 0.667. The Hall–Kier alpha value is -1.47. The monoisotopic (exact) mass is 571 g/mol. The van der Waals surface area contributed by atoms with Gasteiger partial charge in [-0.3, -0.25) is 14.8 Å². The first-order valence-electron chi connectivity index (χ1n) is 10.5. The third kappa shape index (κ3) is 7.55. The van der Waals surface area contributed by atoms with Crippen molar-refractivity contribution in [1.29, 1.82) is 0 Å². The van der Waals surface area contributed by atoms with E-state index in [9.17, 15) is 13.2 Å². The first-order chi connectivity index (χ1) is 14.8. The number of methoxy groups -OCH3 is 2. The average Bonchev–Trinajstić information content (AvgIpc) is 3.16. The van der Waals surface area contributed by atoms with Crippen molar-refractivity contribution in [2.24, 2.45) is 4.99 Å². The van der Waals surface area contributed by atoms with Gasteiger partial charge in [0.15, 0.2) is 17.5 Å². The van der Waals surface area contributed by atoms with Gasteiger partial charge in [-0.15, -0.1) is 24.0 Å². The molecule has 2 heterocycles. The van der Waals surface area contributed by atoms with Crippen molar-refractivity contribution in [1.82, 2.24) is 20.4 Å². The molecule has 7 nitrogen and oxygen atoms in total. The second kappa shape index (κ2) is 12.1. The molecule has 1 unspecified atom stereocenters. The molecule has 3 rings (SSSR count). The molecule has 1 atom stereocenters. The SMILES string of the molecule is CN=C(NCCN1CCc2cc(OC)c(OC)cc2C1)NC1CCN(CC(F)(F)F)C1.I. The van der Waals surface area contributed by atoms with Gasteiger partial charge >= 0.3 is 6.18 Å². The maximum Gasteiger partial charge on any atom is 0.401 e. The first-order valence-corrected chi connectivity index (χ1v) is 10.5. The van der Waals surface area contributed by atoms with Crippen LogP contribution in [0.5, 0.6) is 11.5 Å². The zero-order valence-corrected chi connectivity index (χ0v) is 21.1. The van der Waals surface area contributed by atoms with Crippen LogP contribution in [0.3, 0.4) is 0 Å². The first kappa shape index (κ1) is 26.8. The molecule has 182 valence electrons. The third-order valence-corrected chi connectivity index (χ3v) is 5.76. The molecule has 1 fully saturated rings. The normalized spacial score (nSPS) is 19.8. The molecule has 0 aliphatic carbocycles. The zero-order valence-electron chi connectivity index (χ0n) is 18.8. The number of nitrogens with zero attached hydrogens (tertiary/aromatic N) is 3. The summed E-state index contributed by atoms with van der Waals surface area (Å²) >= 11 is 0. The summed E-state index contributed by atoms with van der Waals surface area (Å²) in [6.45, 7) is 3.26. The van der Waals surface area contributed by atoms with E-state index in [2.05, 4.69) is 26.6 Å². The van der Waals surface area contributed by atoms with Gasteiger partial charge in [0.25, 0.3) is 0 Å². The highest BCUT2D eigenvalue weighted by Gasteiger charge is 2.34. The van der Waals surface area contributed by atoms with Crippen molar-refractivity contribution in [3.05, 3.63) is 23.3 Å². The average molecular weight is 571 g/mol. The van der Waals surface area contributed by atoms with E-state index in [1.54, 1.807) is 21.3 Å². The molecule has 11 heteroatoms. The molecule has 0 bridgehead atoms. The molecular weight excluding hydrogens is 538 g/mol. The maximum absolute atomic E-state index is 12.6. The Kier molecular flexibility index (Phi) is 10.1. The molecule has 2 aliphatic rings. The maximum atomic E-state index is 12.6. The van der Waals surface area contributed by atoms with Crippen LogP contribution in [0.2, 0.25) is 0 Å². The van der Waals surface area contributed by atoms with E-state index in [4.69, 9.17) is 9.47 Å². The Labute approximate surface area is 204 Å². The molecule has 1 aromatic rings. The number of hydrogen-bond donors (Lipinski definition) is 2. The van der Waals surface area contributed by atoms with Crippen molar-refractivity contribution in [2.45, 2.75) is 31.6 Å². The van der Waals surface area contributed by atoms with Gasteiger partial charge in [0.1, 0.15) is 0 Å². The molecule has 0 spiro atoms. The van der Waals surface area contributed by atoms with Gasteiger partial charge in [0, 0.05) is 52.4 Å². The van der Waals surface area contributed by atoms with Crippen molar-refractivity contribution in [3.8, 4) is 11.5 Å². The minimum absolute atomic E-state index is 0. The summed E-state index contributed by atoms with van der Waals surface area (Å²) in [6, 6.07) is 4.07. The van der Waals surface area contributed by atoms with Gasteiger partial charge in [-0.1, -0.05) is 0 Å². The molecule has 0 radical (unpaired) electrons. The van der Waals surface area contributed by atoms with Crippen LogP contribution >= 0.6 is 24.0 Å². The number of rotatable bonds is 7. The molecule has 0 amide bonds. The molecule has 2 aliphatic heterocycles. The lowest BCUT2D eigenvalue weighted by Gasteiger charge is -2.30. The standard InChI is InChI=1S/C21H32F3N5O2.HI/c1-25-20(27-17-5-8-29(13-17)14-21(22,23)24)26-6-9-28-7-4-15-10-18(30-2)19(31-3)11-16(15)12-28;/h10-11,17H,4-9,12-14H2,1-3H3,(H2,25,26,27);1H. The third-order valence-electron chi connectivity index (χ3n) is 5.76. The van der Waals surface area contributed by atoms with Crippen molar-refractivity contribution in [3.63, 3.8) is 0 Å². The Bertz CT molecular complexity index is 779. The van der Waals surface area contributed by atoms with E-state index in [1.807, 2.05) is 6.07 Å². The second-order valence-corrected chi connectivity index (χ2v) is 7.98. The van der Waals surface area contributed by atoms with E-state index < -0.39 is 12.7 Å². The topological polar surface area (TPSA) is 61.4 Å². The van der Waals surface area contributed by atoms with E-state index in [0.29, 0.717) is 32.0 Å². The van der Waals surface area contributed by atoms with E-state index in [0.717, 1.165) is 37.6 Å². The number of nitrogens with one attached hydrogen (secondary N) is 2. The molecule has 0 aromatic heterocycles. The lowest BCUT2D eigenvalue weighted by Crippen LogP contribution is -2.47. The largest absolute Gasteiger partial charge is 0.493 e.